The predicted molar refractivity (Wildman–Crippen MR) is 35.8 cm³/mol. The molecule has 1 N–H and O–H groups in total. The number of imidazole rings is 1. The Morgan fingerprint density at radius 1 is 1.89 bits per heavy atom. The quantitative estimate of drug-likeness (QED) is 0.494. The fourth-order valence-electron chi connectivity index (χ4n) is 0.482. The molecule has 0 saturated carbocycles. The van der Waals surface area contributed by atoms with Gasteiger partial charge in [0.25, 0.3) is 0 Å². The summed E-state index contributed by atoms with van der Waals surface area (Å²) in [6, 6.07) is 0. The molecule has 1 aromatic heterocycles. The van der Waals surface area contributed by atoms with Gasteiger partial charge in [0.2, 0.25) is 0 Å². The number of hydrogen-bond donors (Lipinski definition) is 1. The molecule has 0 bridgehead atoms. The second-order valence-corrected chi connectivity index (χ2v) is 2.25. The van der Waals surface area contributed by atoms with E-state index in [0.717, 1.165) is 11.4 Å². The van der Waals surface area contributed by atoms with Crippen LogP contribution in [0, 0.1) is 0 Å². The van der Waals surface area contributed by atoms with Crippen LogP contribution in [0.15, 0.2) is 11.4 Å². The van der Waals surface area contributed by atoms with Crippen molar-refractivity contribution in [1.82, 2.24) is 9.97 Å². The number of nitrogens with one attached hydrogen (secondary N) is 1. The first-order chi connectivity index (χ1) is 4.36. The Bertz CT molecular complexity index is 208. The molecule has 9 heavy (non-hydrogen) atoms. The fourth-order valence-corrected chi connectivity index (χ4v) is 0.856. The number of nitrogens with zero attached hydrogens (tertiary/aromatic N) is 1. The zero-order valence-corrected chi connectivity index (χ0v) is 5.73. The Hall–Kier alpha value is -0.770. The summed E-state index contributed by atoms with van der Waals surface area (Å²) in [6.07, 6.45) is 4.20. The minimum atomic E-state index is 0.458. The maximum Gasteiger partial charge on any atom is 0.170 e. The molecule has 0 aromatic carbocycles. The minimum absolute atomic E-state index is 0.458. The van der Waals surface area contributed by atoms with E-state index in [1.807, 2.05) is 6.26 Å². The van der Waals surface area contributed by atoms with Crippen molar-refractivity contribution in [3.05, 3.63) is 11.9 Å². The third-order valence-electron chi connectivity index (χ3n) is 0.888. The van der Waals surface area contributed by atoms with Gasteiger partial charge in [0, 0.05) is 6.20 Å². The van der Waals surface area contributed by atoms with E-state index in [4.69, 9.17) is 0 Å². The Kier molecular flexibility index (Phi) is 1.89. The summed E-state index contributed by atoms with van der Waals surface area (Å²) in [4.78, 5) is 16.8. The summed E-state index contributed by atoms with van der Waals surface area (Å²) in [5.41, 5.74) is 0.458. The van der Waals surface area contributed by atoms with Crippen LogP contribution in [0.25, 0.3) is 0 Å². The minimum Gasteiger partial charge on any atom is -0.339 e. The zero-order valence-electron chi connectivity index (χ0n) is 4.92. The fraction of sp³-hybridized carbons (Fsp3) is 0.200. The van der Waals surface area contributed by atoms with Gasteiger partial charge in [0.15, 0.2) is 11.4 Å². The van der Waals surface area contributed by atoms with E-state index in [1.54, 1.807) is 6.20 Å². The predicted octanol–water partition coefficient (Wildman–Crippen LogP) is 0.944. The van der Waals surface area contributed by atoms with E-state index in [2.05, 4.69) is 9.97 Å². The molecule has 1 aromatic rings. The number of hydrogen-bond acceptors (Lipinski definition) is 3. The average Bonchev–Trinajstić information content (AvgIpc) is 2.34. The Morgan fingerprint density at radius 2 is 2.67 bits per heavy atom. The van der Waals surface area contributed by atoms with E-state index in [0.29, 0.717) is 5.69 Å². The number of thioether (sulfide) groups is 1. The standard InChI is InChI=1S/C5H6N2OS/c1-9-5-6-2-4(3-8)7-5/h2-3H,1H3,(H,6,7). The highest BCUT2D eigenvalue weighted by Gasteiger charge is 1.94. The number of H-pyrrole nitrogens is 1. The molecule has 3 nitrogen and oxygen atoms in total. The molecule has 4 heteroatoms. The van der Waals surface area contributed by atoms with E-state index < -0.39 is 0 Å². The van der Waals surface area contributed by atoms with E-state index in [-0.39, 0.29) is 0 Å². The van der Waals surface area contributed by atoms with Gasteiger partial charge >= 0.3 is 0 Å². The lowest BCUT2D eigenvalue weighted by molar-refractivity contribution is 0.111. The molecule has 1 rings (SSSR count). The molecular formula is C5H6N2OS. The van der Waals surface area contributed by atoms with Crippen LogP contribution in [0.1, 0.15) is 10.5 Å². The molecule has 0 aliphatic heterocycles. The topological polar surface area (TPSA) is 45.8 Å². The van der Waals surface area contributed by atoms with Crippen molar-refractivity contribution in [2.24, 2.45) is 0 Å². The number of aromatic nitrogens is 2. The lowest BCUT2D eigenvalue weighted by Gasteiger charge is -1.80. The Balaban J connectivity index is 2.86. The first kappa shape index (κ1) is 6.35. The van der Waals surface area contributed by atoms with Crippen LogP contribution in [0.4, 0.5) is 0 Å². The van der Waals surface area contributed by atoms with E-state index in [9.17, 15) is 4.79 Å². The molecule has 0 spiro atoms. The summed E-state index contributed by atoms with van der Waals surface area (Å²) < 4.78 is 0. The smallest absolute Gasteiger partial charge is 0.170 e. The van der Waals surface area contributed by atoms with Crippen molar-refractivity contribution in [2.45, 2.75) is 5.16 Å². The van der Waals surface area contributed by atoms with Gasteiger partial charge in [-0.3, -0.25) is 4.79 Å². The molecule has 0 atom stereocenters. The summed E-state index contributed by atoms with van der Waals surface area (Å²) >= 11 is 1.48. The van der Waals surface area contributed by atoms with Crippen molar-refractivity contribution in [2.75, 3.05) is 6.26 Å². The summed E-state index contributed by atoms with van der Waals surface area (Å²) in [5, 5.41) is 0.775. The van der Waals surface area contributed by atoms with Crippen molar-refractivity contribution in [3.8, 4) is 0 Å². The first-order valence-electron chi connectivity index (χ1n) is 2.41. The summed E-state index contributed by atoms with van der Waals surface area (Å²) in [7, 11) is 0. The van der Waals surface area contributed by atoms with Gasteiger partial charge in [0.1, 0.15) is 5.69 Å². The first-order valence-corrected chi connectivity index (χ1v) is 3.64. The largest absolute Gasteiger partial charge is 0.339 e. The van der Waals surface area contributed by atoms with E-state index in [1.165, 1.54) is 11.8 Å². The van der Waals surface area contributed by atoms with E-state index >= 15 is 0 Å². The molecule has 0 aliphatic rings. The molecule has 1 heterocycles. The van der Waals surface area contributed by atoms with Gasteiger partial charge < -0.3 is 4.98 Å². The highest BCUT2D eigenvalue weighted by molar-refractivity contribution is 7.98. The van der Waals surface area contributed by atoms with Gasteiger partial charge in [-0.25, -0.2) is 4.98 Å². The molecule has 0 saturated heterocycles. The number of aromatic amines is 1. The molecule has 0 fully saturated rings. The average molecular weight is 142 g/mol. The summed E-state index contributed by atoms with van der Waals surface area (Å²) in [6.45, 7) is 0. The van der Waals surface area contributed by atoms with Crippen LogP contribution >= 0.6 is 11.8 Å². The maximum atomic E-state index is 10.0. The molecule has 0 unspecified atom stereocenters. The summed E-state index contributed by atoms with van der Waals surface area (Å²) in [5.74, 6) is 0. The zero-order chi connectivity index (χ0) is 6.69. The van der Waals surface area contributed by atoms with Gasteiger partial charge in [-0.2, -0.15) is 0 Å². The highest BCUT2D eigenvalue weighted by Crippen LogP contribution is 2.06. The number of carbonyl (C=O) groups is 1. The van der Waals surface area contributed by atoms with Crippen LogP contribution in [0.3, 0.4) is 0 Å². The van der Waals surface area contributed by atoms with Gasteiger partial charge in [-0.15, -0.1) is 0 Å². The van der Waals surface area contributed by atoms with Crippen LogP contribution < -0.4 is 0 Å². The van der Waals surface area contributed by atoms with Crippen LogP contribution in [-0.2, 0) is 0 Å². The molecule has 0 aliphatic carbocycles. The van der Waals surface area contributed by atoms with Crippen LogP contribution in [-0.4, -0.2) is 22.5 Å². The van der Waals surface area contributed by atoms with Crippen molar-refractivity contribution in [1.29, 1.82) is 0 Å². The Morgan fingerprint density at radius 3 is 3.00 bits per heavy atom. The number of carbonyl (C=O) groups excluding carboxylic acids is 1. The van der Waals surface area contributed by atoms with Crippen molar-refractivity contribution >= 4 is 18.0 Å². The number of rotatable bonds is 2. The van der Waals surface area contributed by atoms with Gasteiger partial charge in [-0.1, -0.05) is 11.8 Å². The monoisotopic (exact) mass is 142 g/mol. The SMILES string of the molecule is CSc1nc(C=O)c[nH]1. The van der Waals surface area contributed by atoms with Crippen molar-refractivity contribution in [3.63, 3.8) is 0 Å². The second kappa shape index (κ2) is 2.68. The lowest BCUT2D eigenvalue weighted by atomic mass is 10.6. The second-order valence-electron chi connectivity index (χ2n) is 1.45. The van der Waals surface area contributed by atoms with Crippen molar-refractivity contribution < 1.29 is 4.79 Å². The number of aldehydes is 1. The molecule has 0 amide bonds. The highest BCUT2D eigenvalue weighted by atomic mass is 32.2. The van der Waals surface area contributed by atoms with Crippen LogP contribution in [0.5, 0.6) is 0 Å². The Labute approximate surface area is 56.9 Å². The lowest BCUT2D eigenvalue weighted by Crippen LogP contribution is -1.75. The van der Waals surface area contributed by atoms with Gasteiger partial charge in [-0.05, 0) is 6.26 Å². The normalized spacial score (nSPS) is 9.44. The third kappa shape index (κ3) is 1.32. The maximum absolute atomic E-state index is 10.0. The molecule has 48 valence electrons. The molecule has 0 radical (unpaired) electrons. The van der Waals surface area contributed by atoms with Gasteiger partial charge in [0.05, 0.1) is 0 Å². The van der Waals surface area contributed by atoms with Crippen LogP contribution in [0.2, 0.25) is 0 Å². The molecular weight excluding hydrogens is 136 g/mol. The third-order valence-corrected chi connectivity index (χ3v) is 1.48.